The summed E-state index contributed by atoms with van der Waals surface area (Å²) in [5.41, 5.74) is 2.32. The number of nitrogens with one attached hydrogen (secondary N) is 1. The normalized spacial score (nSPS) is 12.3. The fourth-order valence-corrected chi connectivity index (χ4v) is 2.80. The van der Waals surface area contributed by atoms with Crippen LogP contribution in [0, 0.1) is 5.92 Å². The highest BCUT2D eigenvalue weighted by molar-refractivity contribution is 9.10. The van der Waals surface area contributed by atoms with Gasteiger partial charge in [-0.05, 0) is 34.3 Å². The van der Waals surface area contributed by atoms with Crippen molar-refractivity contribution in [3.63, 3.8) is 0 Å². The first-order valence-electron chi connectivity index (χ1n) is 7.77. The van der Waals surface area contributed by atoms with Crippen LogP contribution in [0.25, 0.3) is 10.9 Å². The predicted molar refractivity (Wildman–Crippen MR) is 94.6 cm³/mol. The van der Waals surface area contributed by atoms with E-state index in [1.165, 1.54) is 0 Å². The van der Waals surface area contributed by atoms with Crippen LogP contribution < -0.4 is 5.32 Å². The van der Waals surface area contributed by atoms with Gasteiger partial charge in [-0.1, -0.05) is 20.3 Å². The molecule has 1 amide bonds. The van der Waals surface area contributed by atoms with Crippen LogP contribution in [0.5, 0.6) is 0 Å². The van der Waals surface area contributed by atoms with Gasteiger partial charge in [0.15, 0.2) is 0 Å². The minimum atomic E-state index is -0.149. The van der Waals surface area contributed by atoms with Crippen molar-refractivity contribution in [2.75, 3.05) is 20.3 Å². The first-order valence-corrected chi connectivity index (χ1v) is 8.56. The van der Waals surface area contributed by atoms with Crippen molar-refractivity contribution in [3.05, 3.63) is 34.2 Å². The van der Waals surface area contributed by atoms with Crippen molar-refractivity contribution in [2.45, 2.75) is 26.7 Å². The van der Waals surface area contributed by atoms with Crippen LogP contribution in [0.2, 0.25) is 0 Å². The third-order valence-corrected chi connectivity index (χ3v) is 4.73. The molecule has 0 fully saturated rings. The smallest absolute Gasteiger partial charge is 0.252 e. The molecule has 0 saturated heterocycles. The molecule has 0 spiro atoms. The van der Waals surface area contributed by atoms with E-state index in [0.717, 1.165) is 33.9 Å². The Morgan fingerprint density at radius 1 is 1.39 bits per heavy atom. The SMILES string of the molecule is CCC(C)Cc1ncc2ncc(C(=O)NCCOC)cc2c1Br. The van der Waals surface area contributed by atoms with Crippen LogP contribution in [0.1, 0.15) is 36.3 Å². The van der Waals surface area contributed by atoms with E-state index in [9.17, 15) is 4.79 Å². The van der Waals surface area contributed by atoms with Crippen LogP contribution >= 0.6 is 15.9 Å². The van der Waals surface area contributed by atoms with Gasteiger partial charge in [0.05, 0.1) is 29.6 Å². The Kier molecular flexibility index (Phi) is 6.47. The molecule has 0 aliphatic carbocycles. The highest BCUT2D eigenvalue weighted by atomic mass is 79.9. The van der Waals surface area contributed by atoms with Crippen molar-refractivity contribution < 1.29 is 9.53 Å². The summed E-state index contributed by atoms with van der Waals surface area (Å²) in [6.07, 6.45) is 5.35. The van der Waals surface area contributed by atoms with Gasteiger partial charge in [0.2, 0.25) is 0 Å². The number of hydrogen-bond acceptors (Lipinski definition) is 4. The van der Waals surface area contributed by atoms with Gasteiger partial charge in [-0.3, -0.25) is 14.8 Å². The molecule has 6 heteroatoms. The third kappa shape index (κ3) is 4.48. The summed E-state index contributed by atoms with van der Waals surface area (Å²) in [7, 11) is 1.60. The molecular weight excluding hydrogens is 358 g/mol. The average Bonchev–Trinajstić information content (AvgIpc) is 2.57. The number of fused-ring (bicyclic) bond motifs is 1. The lowest BCUT2D eigenvalue weighted by atomic mass is 10.0. The summed E-state index contributed by atoms with van der Waals surface area (Å²) in [6, 6.07) is 1.86. The van der Waals surface area contributed by atoms with E-state index in [1.807, 2.05) is 6.07 Å². The molecule has 2 aromatic rings. The monoisotopic (exact) mass is 379 g/mol. The second-order valence-corrected chi connectivity index (χ2v) is 6.43. The van der Waals surface area contributed by atoms with Gasteiger partial charge < -0.3 is 10.1 Å². The number of amides is 1. The molecule has 0 aromatic carbocycles. The Hall–Kier alpha value is -1.53. The molecule has 5 nitrogen and oxygen atoms in total. The molecule has 0 aliphatic heterocycles. The van der Waals surface area contributed by atoms with Gasteiger partial charge in [-0.25, -0.2) is 0 Å². The lowest BCUT2D eigenvalue weighted by Gasteiger charge is -2.11. The zero-order valence-electron chi connectivity index (χ0n) is 13.7. The van der Waals surface area contributed by atoms with E-state index in [1.54, 1.807) is 19.5 Å². The second kappa shape index (κ2) is 8.36. The molecule has 0 saturated carbocycles. The van der Waals surface area contributed by atoms with E-state index >= 15 is 0 Å². The maximum atomic E-state index is 12.1. The molecular formula is C17H22BrN3O2. The lowest BCUT2D eigenvalue weighted by Crippen LogP contribution is -2.27. The highest BCUT2D eigenvalue weighted by Gasteiger charge is 2.13. The standard InChI is InChI=1S/C17H22BrN3O2/c1-4-11(2)7-14-16(18)13-8-12(9-20-15(13)10-21-14)17(22)19-5-6-23-3/h8-11H,4-7H2,1-3H3,(H,19,22). The molecule has 0 bridgehead atoms. The number of pyridine rings is 2. The van der Waals surface area contributed by atoms with Crippen molar-refractivity contribution >= 4 is 32.7 Å². The summed E-state index contributed by atoms with van der Waals surface area (Å²) in [4.78, 5) is 21.0. The lowest BCUT2D eigenvalue weighted by molar-refractivity contribution is 0.0937. The Morgan fingerprint density at radius 2 is 2.17 bits per heavy atom. The maximum Gasteiger partial charge on any atom is 0.252 e. The summed E-state index contributed by atoms with van der Waals surface area (Å²) in [6.45, 7) is 5.34. The molecule has 0 radical (unpaired) electrons. The van der Waals surface area contributed by atoms with Crippen LogP contribution in [0.3, 0.4) is 0 Å². The molecule has 2 aromatic heterocycles. The van der Waals surface area contributed by atoms with Crippen molar-refractivity contribution in [1.82, 2.24) is 15.3 Å². The number of ether oxygens (including phenoxy) is 1. The Bertz CT molecular complexity index is 691. The number of carbonyl (C=O) groups is 1. The topological polar surface area (TPSA) is 64.1 Å². The largest absolute Gasteiger partial charge is 0.383 e. The van der Waals surface area contributed by atoms with Gasteiger partial charge in [0, 0.05) is 29.7 Å². The summed E-state index contributed by atoms with van der Waals surface area (Å²) in [5.74, 6) is 0.411. The number of carbonyl (C=O) groups excluding carboxylic acids is 1. The number of aromatic nitrogens is 2. The van der Waals surface area contributed by atoms with E-state index in [0.29, 0.717) is 24.6 Å². The molecule has 1 atom stereocenters. The first-order chi connectivity index (χ1) is 11.1. The molecule has 0 aliphatic rings. The molecule has 1 N–H and O–H groups in total. The zero-order valence-corrected chi connectivity index (χ0v) is 15.3. The maximum absolute atomic E-state index is 12.1. The van der Waals surface area contributed by atoms with E-state index in [4.69, 9.17) is 4.74 Å². The van der Waals surface area contributed by atoms with Crippen LogP contribution in [-0.2, 0) is 11.2 Å². The van der Waals surface area contributed by atoms with Gasteiger partial charge in [-0.2, -0.15) is 0 Å². The first kappa shape index (κ1) is 17.8. The van der Waals surface area contributed by atoms with Crippen LogP contribution in [-0.4, -0.2) is 36.1 Å². The van der Waals surface area contributed by atoms with E-state index in [2.05, 4.69) is 45.1 Å². The zero-order chi connectivity index (χ0) is 16.8. The summed E-state index contributed by atoms with van der Waals surface area (Å²) >= 11 is 3.63. The summed E-state index contributed by atoms with van der Waals surface area (Å²) < 4.78 is 5.86. The fourth-order valence-electron chi connectivity index (χ4n) is 2.21. The second-order valence-electron chi connectivity index (χ2n) is 5.64. The van der Waals surface area contributed by atoms with Gasteiger partial charge in [0.25, 0.3) is 5.91 Å². The Morgan fingerprint density at radius 3 is 2.87 bits per heavy atom. The molecule has 2 rings (SSSR count). The minimum absolute atomic E-state index is 0.149. The molecule has 1 unspecified atom stereocenters. The number of hydrogen-bond donors (Lipinski definition) is 1. The van der Waals surface area contributed by atoms with Crippen molar-refractivity contribution in [2.24, 2.45) is 5.92 Å². The van der Waals surface area contributed by atoms with E-state index in [-0.39, 0.29) is 5.91 Å². The van der Waals surface area contributed by atoms with Gasteiger partial charge >= 0.3 is 0 Å². The minimum Gasteiger partial charge on any atom is -0.383 e. The fraction of sp³-hybridized carbons (Fsp3) is 0.471. The molecule has 124 valence electrons. The van der Waals surface area contributed by atoms with E-state index < -0.39 is 0 Å². The average molecular weight is 380 g/mol. The number of methoxy groups -OCH3 is 1. The number of halogens is 1. The molecule has 23 heavy (non-hydrogen) atoms. The predicted octanol–water partition coefficient (Wildman–Crippen LogP) is 3.36. The Labute approximate surface area is 145 Å². The van der Waals surface area contributed by atoms with Crippen molar-refractivity contribution in [3.8, 4) is 0 Å². The third-order valence-electron chi connectivity index (χ3n) is 3.84. The highest BCUT2D eigenvalue weighted by Crippen LogP contribution is 2.27. The quantitative estimate of drug-likeness (QED) is 0.749. The van der Waals surface area contributed by atoms with Crippen LogP contribution in [0.4, 0.5) is 0 Å². The van der Waals surface area contributed by atoms with Gasteiger partial charge in [-0.15, -0.1) is 0 Å². The Balaban J connectivity index is 2.29. The number of nitrogens with zero attached hydrogens (tertiary/aromatic N) is 2. The number of rotatable bonds is 7. The van der Waals surface area contributed by atoms with Crippen molar-refractivity contribution in [1.29, 1.82) is 0 Å². The summed E-state index contributed by atoms with van der Waals surface area (Å²) in [5, 5.41) is 3.72. The van der Waals surface area contributed by atoms with Crippen LogP contribution in [0.15, 0.2) is 22.9 Å². The van der Waals surface area contributed by atoms with Gasteiger partial charge in [0.1, 0.15) is 0 Å². The molecule has 2 heterocycles.